The Hall–Kier alpha value is -3.37. The molecule has 1 aromatic heterocycles. The van der Waals surface area contributed by atoms with E-state index in [1.807, 2.05) is 23.1 Å². The molecule has 1 saturated heterocycles. The summed E-state index contributed by atoms with van der Waals surface area (Å²) >= 11 is 6.16. The van der Waals surface area contributed by atoms with Crippen LogP contribution in [-0.2, 0) is 21.2 Å². The monoisotopic (exact) mass is 540 g/mol. The number of amides is 1. The molecule has 2 aromatic carbocycles. The highest BCUT2D eigenvalue weighted by Crippen LogP contribution is 2.30. The number of rotatable bonds is 6. The van der Waals surface area contributed by atoms with Crippen LogP contribution in [0.15, 0.2) is 66.0 Å². The smallest absolute Gasteiger partial charge is 0.263 e. The second kappa shape index (κ2) is 10.5. The second-order valence-corrected chi connectivity index (χ2v) is 11.5. The molecule has 9 nitrogen and oxygen atoms in total. The summed E-state index contributed by atoms with van der Waals surface area (Å²) in [6, 6.07) is 14.2. The number of benzene rings is 2. The lowest BCUT2D eigenvalue weighted by Crippen LogP contribution is -2.56. The van der Waals surface area contributed by atoms with Gasteiger partial charge in [-0.15, -0.1) is 0 Å². The average Bonchev–Trinajstić information content (AvgIpc) is 2.89. The lowest BCUT2D eigenvalue weighted by molar-refractivity contribution is -0.132. The quantitative estimate of drug-likeness (QED) is 0.511. The van der Waals surface area contributed by atoms with Gasteiger partial charge in [-0.3, -0.25) is 9.52 Å². The Morgan fingerprint density at radius 1 is 1.11 bits per heavy atom. The average molecular weight is 541 g/mol. The molecule has 5 rings (SSSR count). The molecular weight excluding hydrogens is 512 g/mol. The SMILES string of the molecule is C[C@H]1CN(c2ccc(S(=O)(=O)Nc3ccncn3)cc2)CCN1C(=O)CN1CCCc2cc(Cl)ccc21. The molecule has 1 amide bonds. The number of hydrogen-bond acceptors (Lipinski definition) is 7. The predicted octanol–water partition coefficient (Wildman–Crippen LogP) is 3.42. The molecule has 11 heteroatoms. The minimum atomic E-state index is -3.75. The highest BCUT2D eigenvalue weighted by Gasteiger charge is 2.30. The van der Waals surface area contributed by atoms with Crippen LogP contribution in [0.4, 0.5) is 17.2 Å². The van der Waals surface area contributed by atoms with Crippen molar-refractivity contribution in [2.45, 2.75) is 30.7 Å². The molecule has 37 heavy (non-hydrogen) atoms. The minimum Gasteiger partial charge on any atom is -0.368 e. The van der Waals surface area contributed by atoms with Gasteiger partial charge in [-0.25, -0.2) is 18.4 Å². The number of hydrogen-bond donors (Lipinski definition) is 1. The number of nitrogens with one attached hydrogen (secondary N) is 1. The number of fused-ring (bicyclic) bond motifs is 1. The van der Waals surface area contributed by atoms with Gasteiger partial charge >= 0.3 is 0 Å². The van der Waals surface area contributed by atoms with Crippen molar-refractivity contribution >= 4 is 44.7 Å². The van der Waals surface area contributed by atoms with E-state index in [-0.39, 0.29) is 22.7 Å². The Morgan fingerprint density at radius 3 is 2.65 bits per heavy atom. The highest BCUT2D eigenvalue weighted by atomic mass is 35.5. The molecule has 0 spiro atoms. The number of nitrogens with zero attached hydrogens (tertiary/aromatic N) is 5. The largest absolute Gasteiger partial charge is 0.368 e. The molecule has 194 valence electrons. The topological polar surface area (TPSA) is 98.7 Å². The maximum atomic E-state index is 13.3. The van der Waals surface area contributed by atoms with Crippen molar-refractivity contribution in [3.63, 3.8) is 0 Å². The van der Waals surface area contributed by atoms with Crippen molar-refractivity contribution in [1.82, 2.24) is 14.9 Å². The molecule has 3 heterocycles. The van der Waals surface area contributed by atoms with E-state index < -0.39 is 10.0 Å². The second-order valence-electron chi connectivity index (χ2n) is 9.37. The fraction of sp³-hybridized carbons (Fsp3) is 0.346. The zero-order valence-corrected chi connectivity index (χ0v) is 22.1. The lowest BCUT2D eigenvalue weighted by Gasteiger charge is -2.42. The molecule has 0 unspecified atom stereocenters. The summed E-state index contributed by atoms with van der Waals surface area (Å²) in [6.07, 6.45) is 4.74. The minimum absolute atomic E-state index is 0.0265. The molecule has 2 aliphatic rings. The van der Waals surface area contributed by atoms with Gasteiger partial charge in [0.25, 0.3) is 10.0 Å². The van der Waals surface area contributed by atoms with Crippen LogP contribution < -0.4 is 14.5 Å². The van der Waals surface area contributed by atoms with Crippen molar-refractivity contribution in [3.05, 3.63) is 71.6 Å². The summed E-state index contributed by atoms with van der Waals surface area (Å²) < 4.78 is 27.8. The lowest BCUT2D eigenvalue weighted by atomic mass is 10.0. The zero-order chi connectivity index (χ0) is 26.0. The van der Waals surface area contributed by atoms with E-state index in [0.29, 0.717) is 26.2 Å². The summed E-state index contributed by atoms with van der Waals surface area (Å²) in [6.45, 7) is 5.22. The van der Waals surface area contributed by atoms with Gasteiger partial charge in [-0.2, -0.15) is 0 Å². The highest BCUT2D eigenvalue weighted by molar-refractivity contribution is 7.92. The van der Waals surface area contributed by atoms with Crippen LogP contribution >= 0.6 is 11.6 Å². The van der Waals surface area contributed by atoms with Crippen LogP contribution in [0.25, 0.3) is 0 Å². The normalized spacial score (nSPS) is 17.9. The van der Waals surface area contributed by atoms with Crippen molar-refractivity contribution in [2.75, 3.05) is 47.2 Å². The van der Waals surface area contributed by atoms with Crippen LogP contribution in [0.5, 0.6) is 0 Å². The number of carbonyl (C=O) groups excluding carboxylic acids is 1. The van der Waals surface area contributed by atoms with Crippen molar-refractivity contribution < 1.29 is 13.2 Å². The van der Waals surface area contributed by atoms with Gasteiger partial charge in [0.2, 0.25) is 5.91 Å². The van der Waals surface area contributed by atoms with Crippen LogP contribution in [-0.4, -0.2) is 68.0 Å². The van der Waals surface area contributed by atoms with Crippen LogP contribution in [0, 0.1) is 0 Å². The number of aryl methyl sites for hydroxylation is 1. The fourth-order valence-electron chi connectivity index (χ4n) is 5.01. The van der Waals surface area contributed by atoms with Crippen LogP contribution in [0.2, 0.25) is 5.02 Å². The van der Waals surface area contributed by atoms with Crippen molar-refractivity contribution in [2.24, 2.45) is 0 Å². The molecule has 1 N–H and O–H groups in total. The molecular formula is C26H29ClN6O3S. The first-order valence-corrected chi connectivity index (χ1v) is 14.1. The van der Waals surface area contributed by atoms with E-state index >= 15 is 0 Å². The molecule has 0 saturated carbocycles. The maximum absolute atomic E-state index is 13.3. The van der Waals surface area contributed by atoms with Crippen LogP contribution in [0.3, 0.4) is 0 Å². The molecule has 0 aliphatic carbocycles. The third-order valence-corrected chi connectivity index (χ3v) is 8.47. The number of aromatic nitrogens is 2. The number of sulfonamides is 1. The molecule has 2 aliphatic heterocycles. The third kappa shape index (κ3) is 5.65. The van der Waals surface area contributed by atoms with Gasteiger partial charge in [-0.05, 0) is 73.9 Å². The van der Waals surface area contributed by atoms with E-state index in [0.717, 1.165) is 35.8 Å². The third-order valence-electron chi connectivity index (χ3n) is 6.86. The van der Waals surface area contributed by atoms with E-state index in [1.54, 1.807) is 24.3 Å². The summed E-state index contributed by atoms with van der Waals surface area (Å²) in [4.78, 5) is 27.4. The summed E-state index contributed by atoms with van der Waals surface area (Å²) in [5, 5.41) is 0.726. The molecule has 1 atom stereocenters. The van der Waals surface area contributed by atoms with Crippen molar-refractivity contribution in [3.8, 4) is 0 Å². The standard InChI is InChI=1S/C26H29ClN6O3S/c1-19-16-31(22-5-7-23(8-6-22)37(35,36)30-25-10-11-28-18-29-25)13-14-33(19)26(34)17-32-12-2-3-20-15-21(27)4-9-24(20)32/h4-11,15,18-19H,2-3,12-14,16-17H2,1H3,(H,28,29,30)/t19-/m0/s1. The van der Waals surface area contributed by atoms with Gasteiger partial charge in [0.1, 0.15) is 12.1 Å². The Labute approximate surface area is 222 Å². The van der Waals surface area contributed by atoms with E-state index in [4.69, 9.17) is 11.6 Å². The van der Waals surface area contributed by atoms with E-state index in [9.17, 15) is 13.2 Å². The first-order chi connectivity index (χ1) is 17.8. The molecule has 1 fully saturated rings. The molecule has 0 radical (unpaired) electrons. The first-order valence-electron chi connectivity index (χ1n) is 12.3. The molecule has 3 aromatic rings. The zero-order valence-electron chi connectivity index (χ0n) is 20.5. The van der Waals surface area contributed by atoms with Gasteiger partial charge in [0.05, 0.1) is 11.4 Å². The van der Waals surface area contributed by atoms with Gasteiger partial charge in [-0.1, -0.05) is 11.6 Å². The van der Waals surface area contributed by atoms with Gasteiger partial charge < -0.3 is 14.7 Å². The summed E-state index contributed by atoms with van der Waals surface area (Å²) in [5.41, 5.74) is 3.21. The number of carbonyl (C=O) groups is 1. The van der Waals surface area contributed by atoms with E-state index in [2.05, 4.69) is 31.4 Å². The summed E-state index contributed by atoms with van der Waals surface area (Å²) in [5.74, 6) is 0.331. The van der Waals surface area contributed by atoms with Crippen molar-refractivity contribution in [1.29, 1.82) is 0 Å². The summed E-state index contributed by atoms with van der Waals surface area (Å²) in [7, 11) is -3.75. The Kier molecular flexibility index (Phi) is 7.21. The molecule has 0 bridgehead atoms. The van der Waals surface area contributed by atoms with E-state index in [1.165, 1.54) is 24.2 Å². The van der Waals surface area contributed by atoms with Gasteiger partial charge in [0, 0.05) is 54.8 Å². The van der Waals surface area contributed by atoms with Crippen LogP contribution in [0.1, 0.15) is 18.9 Å². The Balaban J connectivity index is 1.20. The maximum Gasteiger partial charge on any atom is 0.263 e. The Bertz CT molecular complexity index is 1370. The first kappa shape index (κ1) is 25.3. The van der Waals surface area contributed by atoms with Gasteiger partial charge in [0.15, 0.2) is 0 Å². The number of piperazine rings is 1. The Morgan fingerprint density at radius 2 is 1.92 bits per heavy atom. The number of anilines is 3. The fourth-order valence-corrected chi connectivity index (χ4v) is 6.21. The number of halogens is 1. The predicted molar refractivity (Wildman–Crippen MR) is 145 cm³/mol.